The number of alkyl halides is 3. The molecule has 0 bridgehead atoms. The Morgan fingerprint density at radius 3 is 2.30 bits per heavy atom. The van der Waals surface area contributed by atoms with Crippen molar-refractivity contribution in [3.05, 3.63) is 77.2 Å². The van der Waals surface area contributed by atoms with Crippen LogP contribution in [0.15, 0.2) is 54.6 Å². The summed E-state index contributed by atoms with van der Waals surface area (Å²) in [7, 11) is 0. The van der Waals surface area contributed by atoms with Crippen molar-refractivity contribution in [3.63, 3.8) is 0 Å². The molecule has 0 fully saturated rings. The maximum Gasteiger partial charge on any atom is 0.416 e. The minimum absolute atomic E-state index is 0.0451. The van der Waals surface area contributed by atoms with Crippen molar-refractivity contribution >= 4 is 12.0 Å². The predicted molar refractivity (Wildman–Crippen MR) is 130 cm³/mol. The summed E-state index contributed by atoms with van der Waals surface area (Å²) in [6.07, 6.45) is -4.90. The molecule has 0 saturated carbocycles. The van der Waals surface area contributed by atoms with Gasteiger partial charge in [0.2, 0.25) is 0 Å². The Kier molecular flexibility index (Phi) is 8.77. The maximum atomic E-state index is 13.6. The zero-order valence-electron chi connectivity index (χ0n) is 20.1. The quantitative estimate of drug-likeness (QED) is 0.315. The lowest BCUT2D eigenvalue weighted by atomic mass is 9.96. The van der Waals surface area contributed by atoms with E-state index in [2.05, 4.69) is 9.97 Å². The number of nitrogens with zero attached hydrogens (tertiary/aromatic N) is 2. The van der Waals surface area contributed by atoms with Crippen LogP contribution >= 0.6 is 0 Å². The van der Waals surface area contributed by atoms with Gasteiger partial charge in [0.25, 0.3) is 0 Å². The summed E-state index contributed by atoms with van der Waals surface area (Å²) in [4.78, 5) is 19.8. The molecule has 0 amide bonds. The Morgan fingerprint density at radius 1 is 1.03 bits per heavy atom. The van der Waals surface area contributed by atoms with Gasteiger partial charge in [-0.2, -0.15) is 13.2 Å². The zero-order valence-corrected chi connectivity index (χ0v) is 20.1. The molecule has 6 nitrogen and oxygen atoms in total. The van der Waals surface area contributed by atoms with Gasteiger partial charge >= 0.3 is 12.1 Å². The van der Waals surface area contributed by atoms with Crippen LogP contribution in [0.5, 0.6) is 0 Å². The number of aromatic nitrogens is 2. The molecule has 2 aromatic carbocycles. The minimum atomic E-state index is -4.55. The molecule has 1 heterocycles. The van der Waals surface area contributed by atoms with Crippen LogP contribution in [0.2, 0.25) is 0 Å². The van der Waals surface area contributed by atoms with Gasteiger partial charge in [-0.15, -0.1) is 0 Å². The lowest BCUT2D eigenvalue weighted by Crippen LogP contribution is -2.19. The van der Waals surface area contributed by atoms with Crippen molar-refractivity contribution in [2.45, 2.75) is 51.0 Å². The Morgan fingerprint density at radius 2 is 1.70 bits per heavy atom. The van der Waals surface area contributed by atoms with Crippen LogP contribution in [0, 0.1) is 5.82 Å². The van der Waals surface area contributed by atoms with Crippen LogP contribution in [-0.4, -0.2) is 43.5 Å². The number of aliphatic carboxylic acids is 1. The van der Waals surface area contributed by atoms with Crippen molar-refractivity contribution in [3.8, 4) is 22.6 Å². The molecule has 0 aliphatic heterocycles. The van der Waals surface area contributed by atoms with E-state index in [4.69, 9.17) is 5.11 Å². The van der Waals surface area contributed by atoms with E-state index in [1.807, 2.05) is 13.8 Å². The van der Waals surface area contributed by atoms with Crippen LogP contribution in [0.3, 0.4) is 0 Å². The molecule has 196 valence electrons. The number of hydrogen-bond acceptors (Lipinski definition) is 5. The molecular weight excluding hydrogens is 492 g/mol. The van der Waals surface area contributed by atoms with Gasteiger partial charge in [0.15, 0.2) is 5.82 Å². The number of aliphatic hydroxyl groups is 2. The number of carbonyl (C=O) groups is 1. The van der Waals surface area contributed by atoms with E-state index in [1.165, 1.54) is 48.6 Å². The number of carboxylic acids is 1. The number of benzene rings is 2. The molecule has 1 aromatic heterocycles. The van der Waals surface area contributed by atoms with Gasteiger partial charge in [0.1, 0.15) is 5.82 Å². The Balaban J connectivity index is 2.14. The third kappa shape index (κ3) is 7.43. The van der Waals surface area contributed by atoms with E-state index < -0.39 is 42.2 Å². The van der Waals surface area contributed by atoms with Crippen LogP contribution < -0.4 is 0 Å². The summed E-state index contributed by atoms with van der Waals surface area (Å²) >= 11 is 0. The average Bonchev–Trinajstić information content (AvgIpc) is 2.81. The Bertz CT molecular complexity index is 1270. The van der Waals surface area contributed by atoms with Gasteiger partial charge in [-0.05, 0) is 42.3 Å². The van der Waals surface area contributed by atoms with Crippen molar-refractivity contribution in [2.24, 2.45) is 0 Å². The van der Waals surface area contributed by atoms with Gasteiger partial charge in [-0.1, -0.05) is 38.1 Å². The maximum absolute atomic E-state index is 13.6. The minimum Gasteiger partial charge on any atom is -0.481 e. The highest BCUT2D eigenvalue weighted by Crippen LogP contribution is 2.34. The SMILES string of the molecule is CC(C)c1nc(-c2cccc(C(F)(F)F)c2)nc(-c2ccc(F)cc2)c1/C=C/C(O)CC(O)CC(=O)O. The van der Waals surface area contributed by atoms with E-state index in [1.54, 1.807) is 0 Å². The summed E-state index contributed by atoms with van der Waals surface area (Å²) in [5.41, 5.74) is 0.988. The van der Waals surface area contributed by atoms with Crippen molar-refractivity contribution in [1.82, 2.24) is 9.97 Å². The third-order valence-corrected chi connectivity index (χ3v) is 5.50. The zero-order chi connectivity index (χ0) is 27.3. The molecule has 2 unspecified atom stereocenters. The standard InChI is InChI=1S/C27H26F4N2O4/c1-15(2)24-22(11-10-20(34)13-21(35)14-23(36)37)25(16-6-8-19(28)9-7-16)33-26(32-24)17-4-3-5-18(12-17)27(29,30)31/h3-12,15,20-21,34-35H,13-14H2,1-2H3,(H,36,37)/b11-10+. The summed E-state index contributed by atoms with van der Waals surface area (Å²) in [6, 6.07) is 10.0. The molecule has 0 radical (unpaired) electrons. The van der Waals surface area contributed by atoms with E-state index in [0.717, 1.165) is 12.1 Å². The molecule has 2 atom stereocenters. The second-order valence-electron chi connectivity index (χ2n) is 8.85. The summed E-state index contributed by atoms with van der Waals surface area (Å²) in [5.74, 6) is -1.87. The Hall–Kier alpha value is -3.63. The smallest absolute Gasteiger partial charge is 0.416 e. The highest BCUT2D eigenvalue weighted by Gasteiger charge is 2.31. The highest BCUT2D eigenvalue weighted by molar-refractivity contribution is 5.76. The van der Waals surface area contributed by atoms with E-state index in [9.17, 15) is 32.6 Å². The van der Waals surface area contributed by atoms with E-state index in [0.29, 0.717) is 22.5 Å². The number of aliphatic hydroxyl groups excluding tert-OH is 2. The fraction of sp³-hybridized carbons (Fsp3) is 0.296. The van der Waals surface area contributed by atoms with Gasteiger partial charge in [-0.25, -0.2) is 14.4 Å². The lowest BCUT2D eigenvalue weighted by molar-refractivity contribution is -0.139. The summed E-state index contributed by atoms with van der Waals surface area (Å²) in [5, 5.41) is 28.9. The molecule has 0 saturated heterocycles. The number of hydrogen-bond donors (Lipinski definition) is 3. The van der Waals surface area contributed by atoms with Gasteiger partial charge in [0, 0.05) is 23.1 Å². The topological polar surface area (TPSA) is 104 Å². The third-order valence-electron chi connectivity index (χ3n) is 5.50. The Labute approximate surface area is 211 Å². The van der Waals surface area contributed by atoms with Crippen LogP contribution in [0.25, 0.3) is 28.7 Å². The lowest BCUT2D eigenvalue weighted by Gasteiger charge is -2.17. The monoisotopic (exact) mass is 518 g/mol. The molecule has 10 heteroatoms. The number of rotatable bonds is 9. The first-order valence-corrected chi connectivity index (χ1v) is 11.5. The predicted octanol–water partition coefficient (Wildman–Crippen LogP) is 5.69. The molecule has 0 aliphatic rings. The molecule has 0 spiro atoms. The number of halogens is 4. The van der Waals surface area contributed by atoms with Crippen LogP contribution in [0.4, 0.5) is 17.6 Å². The van der Waals surface area contributed by atoms with E-state index >= 15 is 0 Å². The normalized spacial score (nSPS) is 13.8. The van der Waals surface area contributed by atoms with Gasteiger partial charge in [0.05, 0.1) is 35.6 Å². The second-order valence-corrected chi connectivity index (χ2v) is 8.85. The molecule has 3 aromatic rings. The van der Waals surface area contributed by atoms with E-state index in [-0.39, 0.29) is 23.7 Å². The largest absolute Gasteiger partial charge is 0.481 e. The highest BCUT2D eigenvalue weighted by atomic mass is 19.4. The van der Waals surface area contributed by atoms with Crippen molar-refractivity contribution in [1.29, 1.82) is 0 Å². The number of carboxylic acid groups (broad SMARTS) is 1. The van der Waals surface area contributed by atoms with Gasteiger partial charge in [-0.3, -0.25) is 4.79 Å². The molecule has 3 N–H and O–H groups in total. The molecular formula is C27H26F4N2O4. The first kappa shape index (κ1) is 27.9. The first-order chi connectivity index (χ1) is 17.3. The first-order valence-electron chi connectivity index (χ1n) is 11.5. The van der Waals surface area contributed by atoms with Crippen LogP contribution in [0.1, 0.15) is 49.4 Å². The second kappa shape index (κ2) is 11.6. The molecule has 3 rings (SSSR count). The van der Waals surface area contributed by atoms with Gasteiger partial charge < -0.3 is 15.3 Å². The fourth-order valence-electron chi connectivity index (χ4n) is 3.73. The average molecular weight is 519 g/mol. The molecule has 0 aliphatic carbocycles. The van der Waals surface area contributed by atoms with Crippen molar-refractivity contribution < 1.29 is 37.7 Å². The molecule has 37 heavy (non-hydrogen) atoms. The summed E-state index contributed by atoms with van der Waals surface area (Å²) < 4.78 is 53.6. The van der Waals surface area contributed by atoms with Crippen LogP contribution in [-0.2, 0) is 11.0 Å². The van der Waals surface area contributed by atoms with Crippen molar-refractivity contribution in [2.75, 3.05) is 0 Å². The fourth-order valence-corrected chi connectivity index (χ4v) is 3.73. The summed E-state index contributed by atoms with van der Waals surface area (Å²) in [6.45, 7) is 3.66.